The van der Waals surface area contributed by atoms with Gasteiger partial charge in [-0.05, 0) is 75.9 Å². The molecule has 0 atom stereocenters. The number of benzene rings is 2. The van der Waals surface area contributed by atoms with Crippen LogP contribution in [0.5, 0.6) is 5.75 Å². The van der Waals surface area contributed by atoms with Gasteiger partial charge in [-0.2, -0.15) is 4.98 Å². The van der Waals surface area contributed by atoms with Gasteiger partial charge in [0.05, 0.1) is 24.8 Å². The third kappa shape index (κ3) is 7.88. The first-order valence-corrected chi connectivity index (χ1v) is 15.8. The molecule has 0 aliphatic carbocycles. The van der Waals surface area contributed by atoms with Crippen molar-refractivity contribution in [3.8, 4) is 16.9 Å². The Balaban J connectivity index is 1.41. The summed E-state index contributed by atoms with van der Waals surface area (Å²) in [6.07, 6.45) is 2.34. The number of halogens is 1. The minimum atomic E-state index is -0.266. The number of rotatable bonds is 11. The van der Waals surface area contributed by atoms with Crippen LogP contribution in [-0.4, -0.2) is 46.9 Å². The van der Waals surface area contributed by atoms with E-state index >= 15 is 0 Å². The van der Waals surface area contributed by atoms with Crippen LogP contribution < -0.4 is 9.64 Å². The number of hydrogen-bond donors (Lipinski definition) is 0. The maximum atomic E-state index is 13.2. The Kier molecular flexibility index (Phi) is 10.2. The SMILES string of the molecule is Cc1nc(C)c(-c2ccc(OCCc3ccc(F)cc3)cc2)c(N2CCC(c3nc(C(C)C)no3)CC2)c1CC(=O)OC(C)C. The monoisotopic (exact) mass is 614 g/mol. The summed E-state index contributed by atoms with van der Waals surface area (Å²) in [4.78, 5) is 24.9. The van der Waals surface area contributed by atoms with Gasteiger partial charge in [-0.1, -0.05) is 43.3 Å². The number of anilines is 1. The largest absolute Gasteiger partial charge is 0.493 e. The molecule has 0 radical (unpaired) electrons. The Bertz CT molecular complexity index is 1590. The first kappa shape index (κ1) is 32.1. The smallest absolute Gasteiger partial charge is 0.310 e. The zero-order valence-electron chi connectivity index (χ0n) is 27.1. The lowest BCUT2D eigenvalue weighted by atomic mass is 9.91. The van der Waals surface area contributed by atoms with Gasteiger partial charge in [0, 0.05) is 53.9 Å². The average molecular weight is 615 g/mol. The Morgan fingerprint density at radius 1 is 0.978 bits per heavy atom. The summed E-state index contributed by atoms with van der Waals surface area (Å²) in [6, 6.07) is 14.5. The molecule has 8 nitrogen and oxygen atoms in total. The molecule has 45 heavy (non-hydrogen) atoms. The maximum absolute atomic E-state index is 13.2. The number of esters is 1. The van der Waals surface area contributed by atoms with Gasteiger partial charge in [0.2, 0.25) is 5.89 Å². The van der Waals surface area contributed by atoms with E-state index in [0.29, 0.717) is 18.9 Å². The molecule has 0 unspecified atom stereocenters. The van der Waals surface area contributed by atoms with Gasteiger partial charge in [0.25, 0.3) is 0 Å². The van der Waals surface area contributed by atoms with E-state index in [0.717, 1.165) is 76.8 Å². The van der Waals surface area contributed by atoms with Crippen molar-refractivity contribution >= 4 is 11.7 Å². The number of nitrogens with zero attached hydrogens (tertiary/aromatic N) is 4. The van der Waals surface area contributed by atoms with Crippen molar-refractivity contribution in [3.05, 3.63) is 88.6 Å². The molecule has 0 saturated carbocycles. The third-order valence-corrected chi connectivity index (χ3v) is 8.19. The highest BCUT2D eigenvalue weighted by molar-refractivity contribution is 5.87. The summed E-state index contributed by atoms with van der Waals surface area (Å²) in [5, 5.41) is 4.18. The molecule has 2 aromatic carbocycles. The van der Waals surface area contributed by atoms with Gasteiger partial charge >= 0.3 is 5.97 Å². The lowest BCUT2D eigenvalue weighted by Crippen LogP contribution is -2.35. The molecule has 4 aromatic rings. The van der Waals surface area contributed by atoms with Crippen LogP contribution >= 0.6 is 0 Å². The van der Waals surface area contributed by atoms with Crippen molar-refractivity contribution in [2.24, 2.45) is 0 Å². The molecule has 9 heteroatoms. The molecule has 0 amide bonds. The number of carbonyl (C=O) groups excluding carboxylic acids is 1. The molecular weight excluding hydrogens is 571 g/mol. The highest BCUT2D eigenvalue weighted by Crippen LogP contribution is 2.41. The molecule has 238 valence electrons. The Hall–Kier alpha value is -4.27. The second-order valence-electron chi connectivity index (χ2n) is 12.4. The molecular formula is C36H43FN4O4. The van der Waals surface area contributed by atoms with E-state index in [-0.39, 0.29) is 36.1 Å². The van der Waals surface area contributed by atoms with Gasteiger partial charge in [-0.3, -0.25) is 9.78 Å². The first-order valence-electron chi connectivity index (χ1n) is 15.8. The zero-order valence-corrected chi connectivity index (χ0v) is 27.1. The van der Waals surface area contributed by atoms with E-state index in [4.69, 9.17) is 19.0 Å². The first-order chi connectivity index (χ1) is 21.6. The number of hydrogen-bond acceptors (Lipinski definition) is 8. The number of aryl methyl sites for hydroxylation is 2. The molecule has 0 bridgehead atoms. The highest BCUT2D eigenvalue weighted by atomic mass is 19.1. The van der Waals surface area contributed by atoms with Crippen LogP contribution in [0.3, 0.4) is 0 Å². The Morgan fingerprint density at radius 2 is 1.67 bits per heavy atom. The van der Waals surface area contributed by atoms with Crippen LogP contribution in [0.2, 0.25) is 0 Å². The van der Waals surface area contributed by atoms with Crippen molar-refractivity contribution in [1.29, 1.82) is 0 Å². The van der Waals surface area contributed by atoms with E-state index in [1.807, 2.05) is 52.0 Å². The van der Waals surface area contributed by atoms with Gasteiger partial charge < -0.3 is 18.9 Å². The predicted molar refractivity (Wildman–Crippen MR) is 172 cm³/mol. The average Bonchev–Trinajstić information content (AvgIpc) is 3.51. The van der Waals surface area contributed by atoms with Gasteiger partial charge in [0.1, 0.15) is 11.6 Å². The summed E-state index contributed by atoms with van der Waals surface area (Å²) in [5.41, 5.74) is 6.66. The number of ether oxygens (including phenoxy) is 2. The van der Waals surface area contributed by atoms with E-state index in [1.54, 1.807) is 12.1 Å². The summed E-state index contributed by atoms with van der Waals surface area (Å²) in [7, 11) is 0. The van der Waals surface area contributed by atoms with E-state index in [2.05, 4.69) is 28.9 Å². The quantitative estimate of drug-likeness (QED) is 0.160. The molecule has 1 saturated heterocycles. The van der Waals surface area contributed by atoms with Crippen molar-refractivity contribution in [2.45, 2.75) is 85.2 Å². The van der Waals surface area contributed by atoms with Crippen LogP contribution in [0.15, 0.2) is 53.1 Å². The molecule has 3 heterocycles. The van der Waals surface area contributed by atoms with Gasteiger partial charge in [-0.15, -0.1) is 0 Å². The van der Waals surface area contributed by atoms with E-state index < -0.39 is 0 Å². The summed E-state index contributed by atoms with van der Waals surface area (Å²) in [5.74, 6) is 2.09. The lowest BCUT2D eigenvalue weighted by molar-refractivity contribution is -0.146. The number of piperidine rings is 1. The molecule has 1 fully saturated rings. The standard InChI is InChI=1S/C36H43FN4O4/c1-22(2)35-39-36(45-40-35)28-15-18-41(19-16-28)34-31(21-32(42)44-23(3)4)24(5)38-25(6)33(34)27-9-13-30(14-10-27)43-20-17-26-7-11-29(37)12-8-26/h7-14,22-23,28H,15-21H2,1-6H3. The van der Waals surface area contributed by atoms with Crippen molar-refractivity contribution in [3.63, 3.8) is 0 Å². The topological polar surface area (TPSA) is 90.6 Å². The van der Waals surface area contributed by atoms with Crippen LogP contribution in [0.4, 0.5) is 10.1 Å². The van der Waals surface area contributed by atoms with E-state index in [1.165, 1.54) is 12.1 Å². The summed E-state index contributed by atoms with van der Waals surface area (Å²) >= 11 is 0. The molecule has 1 aliphatic rings. The van der Waals surface area contributed by atoms with Crippen molar-refractivity contribution in [2.75, 3.05) is 24.6 Å². The fourth-order valence-electron chi connectivity index (χ4n) is 5.88. The van der Waals surface area contributed by atoms with Crippen molar-refractivity contribution < 1.29 is 23.2 Å². The highest BCUT2D eigenvalue weighted by Gasteiger charge is 2.30. The fourth-order valence-corrected chi connectivity index (χ4v) is 5.88. The summed E-state index contributed by atoms with van der Waals surface area (Å²) in [6.45, 7) is 13.9. The van der Waals surface area contributed by atoms with Crippen LogP contribution in [0.25, 0.3) is 11.1 Å². The minimum Gasteiger partial charge on any atom is -0.493 e. The molecule has 0 N–H and O–H groups in total. The van der Waals surface area contributed by atoms with Crippen LogP contribution in [0, 0.1) is 19.7 Å². The number of pyridine rings is 1. The summed E-state index contributed by atoms with van der Waals surface area (Å²) < 4.78 is 30.4. The fraction of sp³-hybridized carbons (Fsp3) is 0.444. The zero-order chi connectivity index (χ0) is 32.1. The number of carbonyl (C=O) groups is 1. The van der Waals surface area contributed by atoms with Crippen LogP contribution in [0.1, 0.15) is 86.6 Å². The Labute approximate surface area is 265 Å². The predicted octanol–water partition coefficient (Wildman–Crippen LogP) is 7.51. The second-order valence-corrected chi connectivity index (χ2v) is 12.4. The Morgan fingerprint density at radius 3 is 2.29 bits per heavy atom. The van der Waals surface area contributed by atoms with Crippen LogP contribution in [-0.2, 0) is 22.4 Å². The number of aromatic nitrogens is 3. The maximum Gasteiger partial charge on any atom is 0.310 e. The second kappa shape index (κ2) is 14.2. The van der Waals surface area contributed by atoms with E-state index in [9.17, 15) is 9.18 Å². The van der Waals surface area contributed by atoms with Crippen molar-refractivity contribution in [1.82, 2.24) is 15.1 Å². The molecule has 1 aliphatic heterocycles. The van der Waals surface area contributed by atoms with Gasteiger partial charge in [-0.25, -0.2) is 4.39 Å². The normalized spacial score (nSPS) is 13.9. The molecule has 5 rings (SSSR count). The minimum absolute atomic E-state index is 0.144. The molecule has 0 spiro atoms. The lowest BCUT2D eigenvalue weighted by Gasteiger charge is -2.36. The third-order valence-electron chi connectivity index (χ3n) is 8.19. The van der Waals surface area contributed by atoms with Gasteiger partial charge in [0.15, 0.2) is 5.82 Å². The molecule has 2 aromatic heterocycles.